The van der Waals surface area contributed by atoms with Crippen molar-refractivity contribution in [3.63, 3.8) is 0 Å². The van der Waals surface area contributed by atoms with Crippen LogP contribution in [0.15, 0.2) is 24.3 Å². The molecule has 0 radical (unpaired) electrons. The Labute approximate surface area is 93.9 Å². The van der Waals surface area contributed by atoms with Crippen molar-refractivity contribution in [2.24, 2.45) is 7.05 Å². The van der Waals surface area contributed by atoms with Gasteiger partial charge in [-0.05, 0) is 31.2 Å². The molecule has 1 heterocycles. The Balaban J connectivity index is 1.99. The largest absolute Gasteiger partial charge is 0.486 e. The smallest absolute Gasteiger partial charge is 0.188 e. The number of aromatic nitrogens is 3. The van der Waals surface area contributed by atoms with Crippen LogP contribution in [0.1, 0.15) is 11.6 Å². The molecule has 0 aliphatic rings. The highest BCUT2D eigenvalue weighted by Crippen LogP contribution is 2.14. The third-order valence-electron chi connectivity index (χ3n) is 2.27. The van der Waals surface area contributed by atoms with Gasteiger partial charge in [0.1, 0.15) is 18.2 Å². The van der Waals surface area contributed by atoms with E-state index in [2.05, 4.69) is 10.1 Å². The number of hydrogen-bond donors (Lipinski definition) is 1. The molecule has 0 amide bonds. The maximum Gasteiger partial charge on any atom is 0.188 e. The summed E-state index contributed by atoms with van der Waals surface area (Å²) in [7, 11) is 1.86. The highest BCUT2D eigenvalue weighted by Gasteiger charge is 2.03. The molecule has 1 aromatic carbocycles. The fraction of sp³-hybridized carbons (Fsp3) is 0.273. The molecule has 0 saturated carbocycles. The average Bonchev–Trinajstić information content (AvgIpc) is 2.58. The lowest BCUT2D eigenvalue weighted by Crippen LogP contribution is -1.99. The summed E-state index contributed by atoms with van der Waals surface area (Å²) in [6, 6.07) is 7.25. The van der Waals surface area contributed by atoms with E-state index in [4.69, 9.17) is 10.5 Å². The first-order chi connectivity index (χ1) is 7.65. The molecule has 84 valence electrons. The summed E-state index contributed by atoms with van der Waals surface area (Å²) in [5.41, 5.74) is 6.30. The summed E-state index contributed by atoms with van der Waals surface area (Å²) in [4.78, 5) is 4.24. The molecular formula is C11H14N4O. The van der Waals surface area contributed by atoms with Crippen molar-refractivity contribution in [1.29, 1.82) is 0 Å². The maximum absolute atomic E-state index is 5.57. The van der Waals surface area contributed by atoms with Gasteiger partial charge in [0.05, 0.1) is 0 Å². The third-order valence-corrected chi connectivity index (χ3v) is 2.27. The standard InChI is InChI=1S/C11H14N4O/c1-8-13-11(14-15(8)2)7-16-10-5-3-9(12)4-6-10/h3-6H,7,12H2,1-2H3. The van der Waals surface area contributed by atoms with Gasteiger partial charge in [0.2, 0.25) is 0 Å². The third kappa shape index (κ3) is 2.31. The second-order valence-corrected chi connectivity index (χ2v) is 3.56. The Morgan fingerprint density at radius 3 is 2.56 bits per heavy atom. The molecule has 0 atom stereocenters. The molecule has 0 bridgehead atoms. The molecule has 2 N–H and O–H groups in total. The van der Waals surface area contributed by atoms with Crippen LogP contribution < -0.4 is 10.5 Å². The van der Waals surface area contributed by atoms with Crippen molar-refractivity contribution in [2.75, 3.05) is 5.73 Å². The van der Waals surface area contributed by atoms with E-state index in [-0.39, 0.29) is 0 Å². The molecule has 0 unspecified atom stereocenters. The lowest BCUT2D eigenvalue weighted by atomic mass is 10.3. The van der Waals surface area contributed by atoms with Crippen LogP contribution in [0.25, 0.3) is 0 Å². The monoisotopic (exact) mass is 218 g/mol. The van der Waals surface area contributed by atoms with Crippen LogP contribution in [-0.4, -0.2) is 14.8 Å². The highest BCUT2D eigenvalue weighted by molar-refractivity contribution is 5.41. The summed E-state index contributed by atoms with van der Waals surface area (Å²) >= 11 is 0. The van der Waals surface area contributed by atoms with E-state index >= 15 is 0 Å². The second kappa shape index (κ2) is 4.22. The molecule has 0 spiro atoms. The number of anilines is 1. The van der Waals surface area contributed by atoms with Gasteiger partial charge in [0, 0.05) is 12.7 Å². The summed E-state index contributed by atoms with van der Waals surface area (Å²) in [5.74, 6) is 2.31. The van der Waals surface area contributed by atoms with E-state index in [9.17, 15) is 0 Å². The van der Waals surface area contributed by atoms with Crippen molar-refractivity contribution < 1.29 is 4.74 Å². The zero-order chi connectivity index (χ0) is 11.5. The molecule has 16 heavy (non-hydrogen) atoms. The van der Waals surface area contributed by atoms with Crippen molar-refractivity contribution in [3.8, 4) is 5.75 Å². The zero-order valence-electron chi connectivity index (χ0n) is 9.34. The summed E-state index contributed by atoms with van der Waals surface area (Å²) < 4.78 is 7.25. The molecule has 5 nitrogen and oxygen atoms in total. The second-order valence-electron chi connectivity index (χ2n) is 3.56. The number of nitrogen functional groups attached to an aromatic ring is 1. The minimum atomic E-state index is 0.367. The van der Waals surface area contributed by atoms with E-state index in [1.165, 1.54) is 0 Å². The van der Waals surface area contributed by atoms with Gasteiger partial charge in [-0.25, -0.2) is 4.98 Å². The number of hydrogen-bond acceptors (Lipinski definition) is 4. The minimum Gasteiger partial charge on any atom is -0.486 e. The topological polar surface area (TPSA) is 66.0 Å². The Kier molecular flexibility index (Phi) is 2.76. The van der Waals surface area contributed by atoms with E-state index in [0.717, 1.165) is 17.3 Å². The van der Waals surface area contributed by atoms with E-state index in [0.29, 0.717) is 12.4 Å². The van der Waals surface area contributed by atoms with Gasteiger partial charge in [-0.15, -0.1) is 0 Å². The first kappa shape index (κ1) is 10.5. The Bertz CT molecular complexity index is 456. The lowest BCUT2D eigenvalue weighted by Gasteiger charge is -2.03. The predicted octanol–water partition coefficient (Wildman–Crippen LogP) is 1.28. The van der Waals surface area contributed by atoms with Crippen LogP contribution in [0.2, 0.25) is 0 Å². The van der Waals surface area contributed by atoms with Crippen LogP contribution in [0.3, 0.4) is 0 Å². The Morgan fingerprint density at radius 2 is 2.00 bits per heavy atom. The molecule has 0 aliphatic heterocycles. The zero-order valence-corrected chi connectivity index (χ0v) is 9.34. The first-order valence-corrected chi connectivity index (χ1v) is 5.00. The molecule has 0 saturated heterocycles. The highest BCUT2D eigenvalue weighted by atomic mass is 16.5. The summed E-state index contributed by atoms with van der Waals surface area (Å²) in [6.07, 6.45) is 0. The number of aryl methyl sites for hydroxylation is 2. The van der Waals surface area contributed by atoms with Crippen LogP contribution in [0.5, 0.6) is 5.75 Å². The molecule has 2 aromatic rings. The predicted molar refractivity (Wildman–Crippen MR) is 60.9 cm³/mol. The number of rotatable bonds is 3. The molecule has 0 aliphatic carbocycles. The quantitative estimate of drug-likeness (QED) is 0.788. The maximum atomic E-state index is 5.57. The van der Waals surface area contributed by atoms with Crippen molar-refractivity contribution >= 4 is 5.69 Å². The Hall–Kier alpha value is -2.04. The normalized spacial score (nSPS) is 10.4. The van der Waals surface area contributed by atoms with Crippen LogP contribution >= 0.6 is 0 Å². The molecule has 5 heteroatoms. The van der Waals surface area contributed by atoms with E-state index in [1.807, 2.05) is 26.1 Å². The first-order valence-electron chi connectivity index (χ1n) is 5.00. The van der Waals surface area contributed by atoms with Gasteiger partial charge in [-0.1, -0.05) is 0 Å². The van der Waals surface area contributed by atoms with E-state index < -0.39 is 0 Å². The van der Waals surface area contributed by atoms with Crippen LogP contribution in [0.4, 0.5) is 5.69 Å². The lowest BCUT2D eigenvalue weighted by molar-refractivity contribution is 0.295. The molecule has 0 fully saturated rings. The van der Waals surface area contributed by atoms with Crippen LogP contribution in [-0.2, 0) is 13.7 Å². The van der Waals surface area contributed by atoms with Gasteiger partial charge >= 0.3 is 0 Å². The van der Waals surface area contributed by atoms with Gasteiger partial charge in [0.25, 0.3) is 0 Å². The van der Waals surface area contributed by atoms with Crippen molar-refractivity contribution in [1.82, 2.24) is 14.8 Å². The fourth-order valence-electron chi connectivity index (χ4n) is 1.30. The van der Waals surface area contributed by atoms with Gasteiger partial charge in [0.15, 0.2) is 5.82 Å². The average molecular weight is 218 g/mol. The number of nitrogens with two attached hydrogens (primary N) is 1. The number of nitrogens with zero attached hydrogens (tertiary/aromatic N) is 3. The number of benzene rings is 1. The summed E-state index contributed by atoms with van der Waals surface area (Å²) in [5, 5.41) is 4.20. The van der Waals surface area contributed by atoms with E-state index in [1.54, 1.807) is 16.8 Å². The molecule has 2 rings (SSSR count). The molecule has 1 aromatic heterocycles. The minimum absolute atomic E-state index is 0.367. The van der Waals surface area contributed by atoms with Gasteiger partial charge in [-0.2, -0.15) is 5.10 Å². The van der Waals surface area contributed by atoms with Crippen LogP contribution in [0, 0.1) is 6.92 Å². The molecular weight excluding hydrogens is 204 g/mol. The SMILES string of the molecule is Cc1nc(COc2ccc(N)cc2)nn1C. The number of ether oxygens (including phenoxy) is 1. The fourth-order valence-corrected chi connectivity index (χ4v) is 1.30. The summed E-state index contributed by atoms with van der Waals surface area (Å²) in [6.45, 7) is 2.27. The van der Waals surface area contributed by atoms with Crippen molar-refractivity contribution in [3.05, 3.63) is 35.9 Å². The van der Waals surface area contributed by atoms with Gasteiger partial charge in [-0.3, -0.25) is 4.68 Å². The Morgan fingerprint density at radius 1 is 1.31 bits per heavy atom. The van der Waals surface area contributed by atoms with Gasteiger partial charge < -0.3 is 10.5 Å². The van der Waals surface area contributed by atoms with Crippen molar-refractivity contribution in [2.45, 2.75) is 13.5 Å².